The van der Waals surface area contributed by atoms with Crippen LogP contribution in [0.1, 0.15) is 82.9 Å². The summed E-state index contributed by atoms with van der Waals surface area (Å²) in [5.74, 6) is -14.9. The van der Waals surface area contributed by atoms with Gasteiger partial charge in [-0.3, -0.25) is 0 Å². The Kier molecular flexibility index (Phi) is 9.05. The van der Waals surface area contributed by atoms with E-state index in [2.05, 4.69) is 0 Å². The van der Waals surface area contributed by atoms with Gasteiger partial charge in [0.25, 0.3) is 0 Å². The van der Waals surface area contributed by atoms with Crippen LogP contribution in [0.25, 0.3) is 21.5 Å². The van der Waals surface area contributed by atoms with Crippen molar-refractivity contribution in [3.05, 3.63) is 88.9 Å². The van der Waals surface area contributed by atoms with E-state index in [1.165, 1.54) is 0 Å². The van der Waals surface area contributed by atoms with E-state index in [-0.39, 0.29) is 0 Å². The van der Waals surface area contributed by atoms with E-state index in [0.717, 1.165) is 0 Å². The Bertz CT molecular complexity index is 2030. The number of carbonyl (C=O) groups is 8. The van der Waals surface area contributed by atoms with Crippen LogP contribution in [0.2, 0.25) is 20.1 Å². The first-order valence-electron chi connectivity index (χ1n) is 11.9. The van der Waals surface area contributed by atoms with Crippen LogP contribution >= 0.6 is 46.4 Å². The number of carboxylic acids is 6. The minimum atomic E-state index is -1.91. The molecule has 0 radical (unpaired) electrons. The minimum absolute atomic E-state index is 0.560. The molecule has 0 heterocycles. The Morgan fingerprint density at radius 3 is 0.830 bits per heavy atom. The van der Waals surface area contributed by atoms with Crippen LogP contribution in [0.4, 0.5) is 0 Å². The highest BCUT2D eigenvalue weighted by molar-refractivity contribution is 6.43. The monoisotopic (exact) mass is 726 g/mol. The number of rotatable bonds is 8. The molecule has 0 aliphatic carbocycles. The molecule has 4 aromatic rings. The molecule has 0 aliphatic heterocycles. The van der Waals surface area contributed by atoms with Gasteiger partial charge in [0.2, 0.25) is 0 Å². The predicted octanol–water partition coefficient (Wildman–Crippen LogP) is 5.79. The standard InChI is InChI=1S/C28H10Cl4O15/c29-9-1-5(21(33)34)13-7(23(37)38)3-11(31)17(19(13)15(9)25(41)42)27(45)47-28(46)18-12(32)4-8(24(39)40)14-6(22(35)36)2-10(30)16(20(14)18)26(43)44/h1-4H,(H,33,34)(H,35,36)(H,37,38)(H,39,40)(H,41,42)(H,43,44). The van der Waals surface area contributed by atoms with Gasteiger partial charge in [-0.15, -0.1) is 0 Å². The Balaban J connectivity index is 2.12. The van der Waals surface area contributed by atoms with Gasteiger partial charge < -0.3 is 35.4 Å². The largest absolute Gasteiger partial charge is 0.478 e. The Morgan fingerprint density at radius 1 is 0.383 bits per heavy atom. The Labute approximate surface area is 277 Å². The molecule has 0 spiro atoms. The smallest absolute Gasteiger partial charge is 0.348 e. The highest BCUT2D eigenvalue weighted by atomic mass is 35.5. The van der Waals surface area contributed by atoms with E-state index >= 15 is 0 Å². The van der Waals surface area contributed by atoms with Crippen molar-refractivity contribution in [2.24, 2.45) is 0 Å². The van der Waals surface area contributed by atoms with Crippen molar-refractivity contribution in [2.75, 3.05) is 0 Å². The van der Waals surface area contributed by atoms with E-state index in [1.54, 1.807) is 0 Å². The molecule has 0 aromatic heterocycles. The zero-order chi connectivity index (χ0) is 35.4. The molecule has 47 heavy (non-hydrogen) atoms. The maximum absolute atomic E-state index is 13.6. The summed E-state index contributed by atoms with van der Waals surface area (Å²) in [6.45, 7) is 0. The fraction of sp³-hybridized carbons (Fsp3) is 0. The van der Waals surface area contributed by atoms with Gasteiger partial charge in [0.15, 0.2) is 0 Å². The van der Waals surface area contributed by atoms with Crippen molar-refractivity contribution in [2.45, 2.75) is 0 Å². The number of ether oxygens (including phenoxy) is 1. The second-order valence-corrected chi connectivity index (χ2v) is 10.8. The molecule has 0 saturated carbocycles. The van der Waals surface area contributed by atoms with E-state index < -0.39 is 134 Å². The van der Waals surface area contributed by atoms with Crippen LogP contribution in [0.15, 0.2) is 24.3 Å². The van der Waals surface area contributed by atoms with Crippen molar-refractivity contribution in [3.8, 4) is 0 Å². The number of carbonyl (C=O) groups excluding carboxylic acids is 2. The molecule has 240 valence electrons. The molecular formula is C28H10Cl4O15. The van der Waals surface area contributed by atoms with E-state index in [0.29, 0.717) is 24.3 Å². The zero-order valence-corrected chi connectivity index (χ0v) is 25.2. The number of esters is 2. The lowest BCUT2D eigenvalue weighted by Crippen LogP contribution is -2.19. The molecule has 4 rings (SSSR count). The molecule has 6 N–H and O–H groups in total. The van der Waals surface area contributed by atoms with Crippen molar-refractivity contribution < 1.29 is 73.7 Å². The molecule has 0 fully saturated rings. The summed E-state index contributed by atoms with van der Waals surface area (Å²) in [6.07, 6.45) is 0. The van der Waals surface area contributed by atoms with Crippen LogP contribution in [0.5, 0.6) is 0 Å². The molecule has 0 amide bonds. The lowest BCUT2D eigenvalue weighted by Gasteiger charge is -2.17. The number of benzene rings is 4. The van der Waals surface area contributed by atoms with Crippen molar-refractivity contribution in [1.29, 1.82) is 0 Å². The minimum Gasteiger partial charge on any atom is -0.478 e. The van der Waals surface area contributed by atoms with Crippen molar-refractivity contribution in [1.82, 2.24) is 0 Å². The number of hydrogen-bond acceptors (Lipinski definition) is 9. The van der Waals surface area contributed by atoms with Gasteiger partial charge >= 0.3 is 47.8 Å². The third-order valence-electron chi connectivity index (χ3n) is 6.56. The highest BCUT2D eigenvalue weighted by Crippen LogP contribution is 2.41. The van der Waals surface area contributed by atoms with Gasteiger partial charge in [0.1, 0.15) is 0 Å². The lowest BCUT2D eigenvalue weighted by atomic mass is 9.90. The second kappa shape index (κ2) is 12.4. The summed E-state index contributed by atoms with van der Waals surface area (Å²) in [4.78, 5) is 99.6. The fourth-order valence-electron chi connectivity index (χ4n) is 4.82. The second-order valence-electron chi connectivity index (χ2n) is 9.13. The molecule has 19 heteroatoms. The number of aromatic carboxylic acids is 6. The number of fused-ring (bicyclic) bond motifs is 2. The van der Waals surface area contributed by atoms with E-state index in [1.807, 2.05) is 0 Å². The molecule has 0 aliphatic rings. The molecule has 0 unspecified atom stereocenters. The fourth-order valence-corrected chi connectivity index (χ4v) is 5.95. The van der Waals surface area contributed by atoms with E-state index in [9.17, 15) is 69.0 Å². The Hall–Kier alpha value is -5.48. The predicted molar refractivity (Wildman–Crippen MR) is 159 cm³/mol. The van der Waals surface area contributed by atoms with Crippen LogP contribution in [0.3, 0.4) is 0 Å². The van der Waals surface area contributed by atoms with E-state index in [4.69, 9.17) is 51.1 Å². The number of halogens is 4. The summed E-state index contributed by atoms with van der Waals surface area (Å²) in [5, 5.41) is 51.6. The van der Waals surface area contributed by atoms with Gasteiger partial charge in [-0.05, 0) is 24.3 Å². The quantitative estimate of drug-likeness (QED) is 0.0925. The zero-order valence-electron chi connectivity index (χ0n) is 22.2. The Morgan fingerprint density at radius 2 is 0.617 bits per heavy atom. The van der Waals surface area contributed by atoms with Gasteiger partial charge in [0, 0.05) is 21.5 Å². The average molecular weight is 728 g/mol. The van der Waals surface area contributed by atoms with Crippen LogP contribution in [0, 0.1) is 0 Å². The van der Waals surface area contributed by atoms with Gasteiger partial charge in [0.05, 0.1) is 64.6 Å². The number of carboxylic acid groups (broad SMARTS) is 6. The van der Waals surface area contributed by atoms with Crippen molar-refractivity contribution >= 4 is 116 Å². The summed E-state index contributed by atoms with van der Waals surface area (Å²) >= 11 is 24.3. The molecule has 0 bridgehead atoms. The molecule has 15 nitrogen and oxygen atoms in total. The molecular weight excluding hydrogens is 718 g/mol. The summed E-state index contributed by atoms with van der Waals surface area (Å²) in [5.41, 5.74) is -7.84. The first kappa shape index (κ1) is 34.4. The third-order valence-corrected chi connectivity index (χ3v) is 7.75. The normalized spacial score (nSPS) is 10.9. The molecule has 0 atom stereocenters. The SMILES string of the molecule is O=C(O)c1cc(Cl)c(C(=O)O)c2c(C(=O)OC(=O)c3c(Cl)cc(C(=O)O)c4c(C(=O)O)cc(Cl)c(C(=O)O)c34)c(Cl)cc(C(=O)O)c12. The highest BCUT2D eigenvalue weighted by Gasteiger charge is 2.34. The number of hydrogen-bond donors (Lipinski definition) is 6. The molecule has 4 aromatic carbocycles. The summed E-state index contributed by atoms with van der Waals surface area (Å²) in [6, 6.07) is 2.32. The average Bonchev–Trinajstić information content (AvgIpc) is 2.94. The van der Waals surface area contributed by atoms with Crippen molar-refractivity contribution in [3.63, 3.8) is 0 Å². The van der Waals surface area contributed by atoms with Gasteiger partial charge in [-0.1, -0.05) is 46.4 Å². The van der Waals surface area contributed by atoms with Crippen LogP contribution < -0.4 is 0 Å². The summed E-state index contributed by atoms with van der Waals surface area (Å²) < 4.78 is 4.84. The van der Waals surface area contributed by atoms with Crippen LogP contribution in [-0.2, 0) is 4.74 Å². The first-order chi connectivity index (χ1) is 21.8. The van der Waals surface area contributed by atoms with Gasteiger partial charge in [-0.25, -0.2) is 38.4 Å². The summed E-state index contributed by atoms with van der Waals surface area (Å²) in [7, 11) is 0. The molecule has 0 saturated heterocycles. The maximum Gasteiger partial charge on any atom is 0.348 e. The topological polar surface area (TPSA) is 267 Å². The van der Waals surface area contributed by atoms with Gasteiger partial charge in [-0.2, -0.15) is 0 Å². The first-order valence-corrected chi connectivity index (χ1v) is 13.5. The third kappa shape index (κ3) is 5.72. The maximum atomic E-state index is 13.6. The van der Waals surface area contributed by atoms with Crippen LogP contribution in [-0.4, -0.2) is 78.4 Å². The lowest BCUT2D eigenvalue weighted by molar-refractivity contribution is 0.0397.